The molecule has 5 rings (SSSR count). The molecule has 0 saturated heterocycles. The van der Waals surface area contributed by atoms with Gasteiger partial charge in [0.1, 0.15) is 17.0 Å². The molecule has 0 atom stereocenters. The normalized spacial score (nSPS) is 11.1. The topological polar surface area (TPSA) is 98.2 Å². The zero-order chi connectivity index (χ0) is 20.7. The summed E-state index contributed by atoms with van der Waals surface area (Å²) in [6.07, 6.45) is 0. The molecular weight excluding hydrogens is 389 g/mol. The minimum absolute atomic E-state index is 0.0290. The molecule has 0 aliphatic carbocycles. The molecule has 0 fully saturated rings. The van der Waals surface area contributed by atoms with E-state index >= 15 is 0 Å². The van der Waals surface area contributed by atoms with Crippen LogP contribution < -0.4 is 10.9 Å². The number of amides is 1. The number of fused-ring (bicyclic) bond motifs is 3. The third-order valence-corrected chi connectivity index (χ3v) is 4.60. The Morgan fingerprint density at radius 3 is 2.63 bits per heavy atom. The van der Waals surface area contributed by atoms with Crippen molar-refractivity contribution in [2.24, 2.45) is 0 Å². The summed E-state index contributed by atoms with van der Waals surface area (Å²) in [5.74, 6) is -1.19. The Hall–Kier alpha value is -4.33. The number of carbonyl (C=O) groups is 1. The predicted molar refractivity (Wildman–Crippen MR) is 108 cm³/mol. The van der Waals surface area contributed by atoms with Gasteiger partial charge in [0.2, 0.25) is 5.89 Å². The molecule has 30 heavy (non-hydrogen) atoms. The standard InChI is InChI=1S/C22H12FN3O4/c23-14-6-3-5-13(10-14)20-25-26-22(30-20)24-19(27)17-11-16-15-7-2-1-4-12(15)8-9-18(16)29-21(17)28/h1-11H,(H,24,26,27). The summed E-state index contributed by atoms with van der Waals surface area (Å²) in [5.41, 5.74) is -0.259. The number of nitrogens with zero attached hydrogens (tertiary/aromatic N) is 2. The van der Waals surface area contributed by atoms with E-state index in [0.717, 1.165) is 10.8 Å². The summed E-state index contributed by atoms with van der Waals surface area (Å²) < 4.78 is 24.1. The lowest BCUT2D eigenvalue weighted by molar-refractivity contribution is 0.102. The second kappa shape index (κ2) is 6.93. The molecule has 0 radical (unpaired) electrons. The van der Waals surface area contributed by atoms with Crippen LogP contribution in [-0.2, 0) is 0 Å². The van der Waals surface area contributed by atoms with Gasteiger partial charge < -0.3 is 8.83 Å². The molecular formula is C22H12FN3O4. The molecule has 0 bridgehead atoms. The van der Waals surface area contributed by atoms with Gasteiger partial charge in [0.25, 0.3) is 5.91 Å². The Morgan fingerprint density at radius 2 is 1.77 bits per heavy atom. The fourth-order valence-electron chi connectivity index (χ4n) is 3.21. The van der Waals surface area contributed by atoms with Crippen LogP contribution in [0.3, 0.4) is 0 Å². The summed E-state index contributed by atoms with van der Waals surface area (Å²) in [6, 6.07) is 17.9. The van der Waals surface area contributed by atoms with E-state index in [1.165, 1.54) is 24.3 Å². The van der Waals surface area contributed by atoms with Gasteiger partial charge >= 0.3 is 11.6 Å². The van der Waals surface area contributed by atoms with Crippen molar-refractivity contribution in [2.75, 3.05) is 5.32 Å². The summed E-state index contributed by atoms with van der Waals surface area (Å²) in [4.78, 5) is 25.0. The predicted octanol–water partition coefficient (Wildman–Crippen LogP) is 4.39. The van der Waals surface area contributed by atoms with Crippen LogP contribution in [0, 0.1) is 5.82 Å². The number of aromatic nitrogens is 2. The van der Waals surface area contributed by atoms with Crippen molar-refractivity contribution in [3.63, 3.8) is 0 Å². The molecule has 8 heteroatoms. The van der Waals surface area contributed by atoms with Crippen LogP contribution in [0.15, 0.2) is 80.4 Å². The highest BCUT2D eigenvalue weighted by Gasteiger charge is 2.18. The Labute approximate surface area is 167 Å². The molecule has 146 valence electrons. The van der Waals surface area contributed by atoms with E-state index in [1.807, 2.05) is 30.3 Å². The number of hydrogen-bond acceptors (Lipinski definition) is 6. The molecule has 0 aliphatic rings. The maximum atomic E-state index is 13.4. The van der Waals surface area contributed by atoms with Crippen molar-refractivity contribution < 1.29 is 18.0 Å². The fourth-order valence-corrected chi connectivity index (χ4v) is 3.21. The van der Waals surface area contributed by atoms with Crippen LogP contribution in [-0.4, -0.2) is 16.1 Å². The fraction of sp³-hybridized carbons (Fsp3) is 0. The van der Waals surface area contributed by atoms with Gasteiger partial charge in [0.05, 0.1) is 0 Å². The second-order valence-electron chi connectivity index (χ2n) is 6.52. The molecule has 3 aromatic carbocycles. The minimum Gasteiger partial charge on any atom is -0.422 e. The first-order chi connectivity index (χ1) is 14.6. The number of hydrogen-bond donors (Lipinski definition) is 1. The van der Waals surface area contributed by atoms with Crippen LogP contribution in [0.5, 0.6) is 0 Å². The van der Waals surface area contributed by atoms with Crippen LogP contribution in [0.25, 0.3) is 33.2 Å². The molecule has 0 saturated carbocycles. The van der Waals surface area contributed by atoms with Crippen LogP contribution >= 0.6 is 0 Å². The monoisotopic (exact) mass is 401 g/mol. The van der Waals surface area contributed by atoms with Gasteiger partial charge in [-0.25, -0.2) is 9.18 Å². The van der Waals surface area contributed by atoms with Crippen LogP contribution in [0.2, 0.25) is 0 Å². The first-order valence-electron chi connectivity index (χ1n) is 8.95. The lowest BCUT2D eigenvalue weighted by Gasteiger charge is -2.05. The largest absolute Gasteiger partial charge is 0.422 e. The molecule has 0 unspecified atom stereocenters. The van der Waals surface area contributed by atoms with Crippen molar-refractivity contribution in [3.05, 3.63) is 88.5 Å². The molecule has 5 aromatic rings. The first kappa shape index (κ1) is 17.7. The van der Waals surface area contributed by atoms with Gasteiger partial charge in [-0.15, -0.1) is 5.10 Å². The minimum atomic E-state index is -0.792. The lowest BCUT2D eigenvalue weighted by atomic mass is 10.0. The summed E-state index contributed by atoms with van der Waals surface area (Å²) in [7, 11) is 0. The molecule has 7 nitrogen and oxygen atoms in total. The lowest BCUT2D eigenvalue weighted by Crippen LogP contribution is -2.20. The van der Waals surface area contributed by atoms with Crippen molar-refractivity contribution in [2.45, 2.75) is 0 Å². The number of anilines is 1. The van der Waals surface area contributed by atoms with Crippen molar-refractivity contribution in [1.82, 2.24) is 10.2 Å². The summed E-state index contributed by atoms with van der Waals surface area (Å²) >= 11 is 0. The number of benzene rings is 3. The Bertz CT molecular complexity index is 1490. The van der Waals surface area contributed by atoms with Gasteiger partial charge in [0.15, 0.2) is 0 Å². The number of nitrogens with one attached hydrogen (secondary N) is 1. The van der Waals surface area contributed by atoms with Gasteiger partial charge in [-0.05, 0) is 41.1 Å². The highest BCUT2D eigenvalue weighted by Crippen LogP contribution is 2.25. The van der Waals surface area contributed by atoms with E-state index in [2.05, 4.69) is 15.5 Å². The summed E-state index contributed by atoms with van der Waals surface area (Å²) in [5, 5.41) is 12.3. The Morgan fingerprint density at radius 1 is 0.900 bits per heavy atom. The molecule has 2 aromatic heterocycles. The highest BCUT2D eigenvalue weighted by molar-refractivity contribution is 6.10. The Kier molecular flexibility index (Phi) is 4.10. The third kappa shape index (κ3) is 3.10. The molecule has 1 amide bonds. The maximum absolute atomic E-state index is 13.4. The molecule has 1 N–H and O–H groups in total. The van der Waals surface area contributed by atoms with Crippen molar-refractivity contribution >= 4 is 33.7 Å². The van der Waals surface area contributed by atoms with Crippen LogP contribution in [0.1, 0.15) is 10.4 Å². The number of carbonyl (C=O) groups excluding carboxylic acids is 1. The van der Waals surface area contributed by atoms with E-state index in [0.29, 0.717) is 16.5 Å². The Balaban J connectivity index is 1.50. The van der Waals surface area contributed by atoms with Crippen LogP contribution in [0.4, 0.5) is 10.4 Å². The highest BCUT2D eigenvalue weighted by atomic mass is 19.1. The maximum Gasteiger partial charge on any atom is 0.349 e. The quantitative estimate of drug-likeness (QED) is 0.356. The zero-order valence-electron chi connectivity index (χ0n) is 15.3. The van der Waals surface area contributed by atoms with Crippen molar-refractivity contribution in [1.29, 1.82) is 0 Å². The van der Waals surface area contributed by atoms with Gasteiger partial charge in [0, 0.05) is 10.9 Å². The second-order valence-corrected chi connectivity index (χ2v) is 6.52. The van der Waals surface area contributed by atoms with Gasteiger partial charge in [-0.1, -0.05) is 41.5 Å². The first-order valence-corrected chi connectivity index (χ1v) is 8.95. The zero-order valence-corrected chi connectivity index (χ0v) is 15.3. The van der Waals surface area contributed by atoms with Gasteiger partial charge in [-0.2, -0.15) is 0 Å². The van der Waals surface area contributed by atoms with E-state index in [9.17, 15) is 14.0 Å². The van der Waals surface area contributed by atoms with Gasteiger partial charge in [-0.3, -0.25) is 10.1 Å². The smallest absolute Gasteiger partial charge is 0.349 e. The number of halogens is 1. The van der Waals surface area contributed by atoms with E-state index < -0.39 is 17.3 Å². The summed E-state index contributed by atoms with van der Waals surface area (Å²) in [6.45, 7) is 0. The van der Waals surface area contributed by atoms with E-state index in [4.69, 9.17) is 8.83 Å². The molecule has 0 aliphatic heterocycles. The van der Waals surface area contributed by atoms with E-state index in [1.54, 1.807) is 12.1 Å². The van der Waals surface area contributed by atoms with E-state index in [-0.39, 0.29) is 17.5 Å². The number of rotatable bonds is 3. The third-order valence-electron chi connectivity index (χ3n) is 4.60. The molecule has 0 spiro atoms. The average molecular weight is 401 g/mol. The average Bonchev–Trinajstić information content (AvgIpc) is 3.21. The molecule has 2 heterocycles. The SMILES string of the molecule is O=C(Nc1nnc(-c2cccc(F)c2)o1)c1cc2c(ccc3ccccc32)oc1=O. The van der Waals surface area contributed by atoms with Crippen molar-refractivity contribution in [3.8, 4) is 11.5 Å².